The SMILES string of the molecule is C=C1C(=O)O[C@@H]2/C=C3/CC[C@H]4O[C@@]4(CC[C@@H]12)[C@@H](O)OC3. The van der Waals surface area contributed by atoms with Crippen molar-refractivity contribution in [2.24, 2.45) is 5.92 Å². The predicted molar refractivity (Wildman–Crippen MR) is 68.6 cm³/mol. The molecule has 4 aliphatic heterocycles. The molecule has 5 rings (SSSR count). The lowest BCUT2D eigenvalue weighted by molar-refractivity contribution is -0.142. The smallest absolute Gasteiger partial charge is 0.334 e. The zero-order valence-corrected chi connectivity index (χ0v) is 11.2. The molecule has 1 spiro atoms. The Morgan fingerprint density at radius 3 is 3.10 bits per heavy atom. The first-order valence-electron chi connectivity index (χ1n) is 7.17. The summed E-state index contributed by atoms with van der Waals surface area (Å²) in [7, 11) is 0. The van der Waals surface area contributed by atoms with Gasteiger partial charge in [0.2, 0.25) is 0 Å². The first-order chi connectivity index (χ1) is 9.60. The molecule has 0 aromatic heterocycles. The third kappa shape index (κ3) is 1.70. The Kier molecular flexibility index (Phi) is 2.61. The second-order valence-corrected chi connectivity index (χ2v) is 6.13. The molecule has 2 bridgehead atoms. The molecule has 0 amide bonds. The minimum absolute atomic E-state index is 0.0115. The van der Waals surface area contributed by atoms with Crippen LogP contribution in [0.25, 0.3) is 0 Å². The fourth-order valence-electron chi connectivity index (χ4n) is 3.67. The van der Waals surface area contributed by atoms with E-state index in [1.807, 2.05) is 6.08 Å². The lowest BCUT2D eigenvalue weighted by Gasteiger charge is -2.27. The third-order valence-corrected chi connectivity index (χ3v) is 5.02. The molecule has 1 N–H and O–H groups in total. The van der Waals surface area contributed by atoms with Gasteiger partial charge in [0, 0.05) is 11.5 Å². The molecule has 5 atom stereocenters. The highest BCUT2D eigenvalue weighted by Gasteiger charge is 2.62. The maximum atomic E-state index is 11.7. The van der Waals surface area contributed by atoms with Crippen molar-refractivity contribution in [3.8, 4) is 0 Å². The lowest BCUT2D eigenvalue weighted by Crippen LogP contribution is -2.38. The maximum absolute atomic E-state index is 11.7. The van der Waals surface area contributed by atoms with Crippen molar-refractivity contribution in [3.63, 3.8) is 0 Å². The number of ether oxygens (including phenoxy) is 3. The second kappa shape index (κ2) is 4.16. The Morgan fingerprint density at radius 1 is 1.40 bits per heavy atom. The normalized spacial score (nSPS) is 49.5. The van der Waals surface area contributed by atoms with E-state index in [9.17, 15) is 9.90 Å². The summed E-state index contributed by atoms with van der Waals surface area (Å²) in [4.78, 5) is 11.7. The number of epoxide rings is 1. The van der Waals surface area contributed by atoms with Gasteiger partial charge >= 0.3 is 5.97 Å². The summed E-state index contributed by atoms with van der Waals surface area (Å²) in [6, 6.07) is 0. The average Bonchev–Trinajstić information content (AvgIpc) is 3.06. The monoisotopic (exact) mass is 278 g/mol. The molecule has 0 aromatic rings. The summed E-state index contributed by atoms with van der Waals surface area (Å²) in [6.45, 7) is 4.22. The third-order valence-electron chi connectivity index (χ3n) is 5.02. The summed E-state index contributed by atoms with van der Waals surface area (Å²) in [5.74, 6) is -0.319. The van der Waals surface area contributed by atoms with Crippen molar-refractivity contribution in [3.05, 3.63) is 23.8 Å². The lowest BCUT2D eigenvalue weighted by atomic mass is 9.83. The summed E-state index contributed by atoms with van der Waals surface area (Å²) in [6.07, 6.45) is 4.03. The van der Waals surface area contributed by atoms with Gasteiger partial charge in [0.1, 0.15) is 11.7 Å². The summed E-state index contributed by atoms with van der Waals surface area (Å²) in [5.41, 5.74) is 1.02. The van der Waals surface area contributed by atoms with Gasteiger partial charge in [0.25, 0.3) is 0 Å². The molecule has 3 fully saturated rings. The molecule has 4 heterocycles. The Hall–Kier alpha value is -1.17. The number of hydrogen-bond acceptors (Lipinski definition) is 5. The van der Waals surface area contributed by atoms with Crippen LogP contribution >= 0.6 is 0 Å². The molecule has 5 nitrogen and oxygen atoms in total. The van der Waals surface area contributed by atoms with Crippen LogP contribution in [0.15, 0.2) is 23.8 Å². The fourth-order valence-corrected chi connectivity index (χ4v) is 3.67. The Bertz CT molecular complexity index is 510. The number of fused-ring (bicyclic) bond motifs is 4. The van der Waals surface area contributed by atoms with Crippen molar-refractivity contribution < 1.29 is 24.1 Å². The van der Waals surface area contributed by atoms with Crippen molar-refractivity contribution in [1.82, 2.24) is 0 Å². The summed E-state index contributed by atoms with van der Waals surface area (Å²) >= 11 is 0. The van der Waals surface area contributed by atoms with Gasteiger partial charge in [-0.05, 0) is 37.3 Å². The molecule has 20 heavy (non-hydrogen) atoms. The fraction of sp³-hybridized carbons (Fsp3) is 0.667. The van der Waals surface area contributed by atoms with Gasteiger partial charge < -0.3 is 19.3 Å². The quantitative estimate of drug-likeness (QED) is 0.311. The van der Waals surface area contributed by atoms with Crippen LogP contribution in [0, 0.1) is 5.92 Å². The number of aliphatic hydroxyl groups is 1. The first-order valence-corrected chi connectivity index (χ1v) is 7.17. The van der Waals surface area contributed by atoms with Gasteiger partial charge in [-0.2, -0.15) is 0 Å². The van der Waals surface area contributed by atoms with Gasteiger partial charge in [-0.3, -0.25) is 0 Å². The molecule has 0 saturated carbocycles. The van der Waals surface area contributed by atoms with E-state index in [0.717, 1.165) is 24.8 Å². The summed E-state index contributed by atoms with van der Waals surface area (Å²) < 4.78 is 16.7. The van der Waals surface area contributed by atoms with E-state index >= 15 is 0 Å². The van der Waals surface area contributed by atoms with Crippen LogP contribution in [0.3, 0.4) is 0 Å². The van der Waals surface area contributed by atoms with E-state index in [1.54, 1.807) is 0 Å². The van der Waals surface area contributed by atoms with Crippen LogP contribution < -0.4 is 0 Å². The van der Waals surface area contributed by atoms with Crippen LogP contribution in [0.2, 0.25) is 0 Å². The molecule has 1 aliphatic carbocycles. The standard InChI is InChI=1S/C15H18O5/c1-8-10-4-5-15-12(20-15)3-2-9(7-18-14(15)17)6-11(10)19-13(8)16/h6,10-12,14,17H,1-5,7H2/b9-6-/t10-,11+,12+,14-,15+/m0/s1. The molecule has 5 heteroatoms. The highest BCUT2D eigenvalue weighted by molar-refractivity contribution is 5.91. The molecular formula is C15H18O5. The zero-order valence-electron chi connectivity index (χ0n) is 11.2. The molecule has 0 radical (unpaired) electrons. The van der Waals surface area contributed by atoms with Crippen molar-refractivity contribution in [2.45, 2.75) is 49.8 Å². The van der Waals surface area contributed by atoms with Crippen molar-refractivity contribution >= 4 is 5.97 Å². The van der Waals surface area contributed by atoms with E-state index in [-0.39, 0.29) is 24.1 Å². The minimum atomic E-state index is -0.890. The van der Waals surface area contributed by atoms with Gasteiger partial charge in [-0.25, -0.2) is 4.79 Å². The number of hydrogen-bond donors (Lipinski definition) is 1. The van der Waals surface area contributed by atoms with Crippen LogP contribution in [-0.2, 0) is 19.0 Å². The molecule has 108 valence electrons. The number of rotatable bonds is 0. The first kappa shape index (κ1) is 12.6. The van der Waals surface area contributed by atoms with Crippen LogP contribution in [0.1, 0.15) is 25.7 Å². The van der Waals surface area contributed by atoms with Crippen LogP contribution in [0.5, 0.6) is 0 Å². The molecular weight excluding hydrogens is 260 g/mol. The van der Waals surface area contributed by atoms with Gasteiger partial charge in [-0.15, -0.1) is 0 Å². The molecule has 0 unspecified atom stereocenters. The molecule has 3 saturated heterocycles. The number of esters is 1. The van der Waals surface area contributed by atoms with E-state index < -0.39 is 11.9 Å². The Balaban J connectivity index is 1.71. The topological polar surface area (TPSA) is 68.3 Å². The number of carbonyl (C=O) groups is 1. The Morgan fingerprint density at radius 2 is 2.25 bits per heavy atom. The highest BCUT2D eigenvalue weighted by atomic mass is 16.7. The molecule has 5 aliphatic rings. The minimum Gasteiger partial charge on any atom is -0.454 e. The Labute approximate surface area is 117 Å². The van der Waals surface area contributed by atoms with Crippen molar-refractivity contribution in [1.29, 1.82) is 0 Å². The molecule has 0 aromatic carbocycles. The second-order valence-electron chi connectivity index (χ2n) is 6.13. The zero-order chi connectivity index (χ0) is 13.9. The van der Waals surface area contributed by atoms with Gasteiger partial charge in [0.05, 0.1) is 12.7 Å². The average molecular weight is 278 g/mol. The summed E-state index contributed by atoms with van der Waals surface area (Å²) in [5, 5.41) is 10.2. The van der Waals surface area contributed by atoms with Gasteiger partial charge in [0.15, 0.2) is 6.29 Å². The highest BCUT2D eigenvalue weighted by Crippen LogP contribution is 2.50. The van der Waals surface area contributed by atoms with Gasteiger partial charge in [-0.1, -0.05) is 6.58 Å². The van der Waals surface area contributed by atoms with E-state index in [4.69, 9.17) is 14.2 Å². The maximum Gasteiger partial charge on any atom is 0.334 e. The van der Waals surface area contributed by atoms with Crippen LogP contribution in [0.4, 0.5) is 0 Å². The van der Waals surface area contributed by atoms with Crippen LogP contribution in [-0.4, -0.2) is 41.8 Å². The van der Waals surface area contributed by atoms with Crippen molar-refractivity contribution in [2.75, 3.05) is 6.61 Å². The van der Waals surface area contributed by atoms with E-state index in [2.05, 4.69) is 6.58 Å². The predicted octanol–water partition coefficient (Wildman–Crippen LogP) is 1.07. The number of aliphatic hydroxyl groups excluding tert-OH is 1. The largest absolute Gasteiger partial charge is 0.454 e. The van der Waals surface area contributed by atoms with E-state index in [0.29, 0.717) is 18.6 Å². The number of carbonyl (C=O) groups excluding carboxylic acids is 1. The van der Waals surface area contributed by atoms with E-state index in [1.165, 1.54) is 0 Å².